The summed E-state index contributed by atoms with van der Waals surface area (Å²) in [5, 5.41) is 10.7. The number of thiophene rings is 1. The van der Waals surface area contributed by atoms with E-state index in [2.05, 4.69) is 16.0 Å². The van der Waals surface area contributed by atoms with Crippen LogP contribution in [0.25, 0.3) is 17.2 Å². The first kappa shape index (κ1) is 35.7. The van der Waals surface area contributed by atoms with Gasteiger partial charge in [0.1, 0.15) is 22.0 Å². The van der Waals surface area contributed by atoms with Crippen molar-refractivity contribution in [2.24, 2.45) is 0 Å². The van der Waals surface area contributed by atoms with Crippen LogP contribution in [0.3, 0.4) is 0 Å². The molecule has 0 aliphatic rings. The first-order chi connectivity index (χ1) is 24.2. The van der Waals surface area contributed by atoms with Crippen LogP contribution in [0, 0.1) is 6.92 Å². The highest BCUT2D eigenvalue weighted by Crippen LogP contribution is 2.36. The average Bonchev–Trinajstić information content (AvgIpc) is 3.55. The van der Waals surface area contributed by atoms with Gasteiger partial charge in [-0.15, -0.1) is 23.1 Å². The summed E-state index contributed by atoms with van der Waals surface area (Å²) in [6, 6.07) is 30.5. The normalized spacial score (nSPS) is 11.0. The molecule has 5 aromatic rings. The molecule has 11 heteroatoms. The lowest BCUT2D eigenvalue weighted by molar-refractivity contribution is -0.114. The highest BCUT2D eigenvalue weighted by Gasteiger charge is 2.23. The van der Waals surface area contributed by atoms with E-state index in [4.69, 9.17) is 9.47 Å². The van der Waals surface area contributed by atoms with Crippen molar-refractivity contribution in [2.45, 2.75) is 18.7 Å². The minimum Gasteiger partial charge on any atom is -0.497 e. The number of esters is 1. The van der Waals surface area contributed by atoms with Crippen LogP contribution in [0.5, 0.6) is 5.75 Å². The lowest BCUT2D eigenvalue weighted by atomic mass is 10.0. The van der Waals surface area contributed by atoms with E-state index in [0.29, 0.717) is 38.7 Å². The average molecular weight is 706 g/mol. The number of ether oxygens (including phenoxy) is 2. The SMILES string of the molecule is CCOC(=O)c1c(-c2ccc(C)cc2)csc1NC(=O)CSc1cccc(NC(=O)/C(=C\c2ccc(OC)cc2)NC(=O)c2ccccc2)c1. The Morgan fingerprint density at radius 2 is 1.60 bits per heavy atom. The van der Waals surface area contributed by atoms with Crippen LogP contribution in [0.1, 0.15) is 38.8 Å². The fourth-order valence-electron chi connectivity index (χ4n) is 4.78. The molecule has 4 aromatic carbocycles. The summed E-state index contributed by atoms with van der Waals surface area (Å²) in [4.78, 5) is 53.3. The van der Waals surface area contributed by atoms with E-state index in [1.807, 2.05) is 42.6 Å². The van der Waals surface area contributed by atoms with E-state index in [0.717, 1.165) is 16.0 Å². The van der Waals surface area contributed by atoms with Crippen molar-refractivity contribution in [1.29, 1.82) is 0 Å². The van der Waals surface area contributed by atoms with Gasteiger partial charge in [-0.1, -0.05) is 66.2 Å². The van der Waals surface area contributed by atoms with E-state index in [1.54, 1.807) is 92.9 Å². The second kappa shape index (κ2) is 17.1. The Balaban J connectivity index is 1.27. The fraction of sp³-hybridized carbons (Fsp3) is 0.128. The van der Waals surface area contributed by atoms with Gasteiger partial charge >= 0.3 is 5.97 Å². The van der Waals surface area contributed by atoms with Gasteiger partial charge in [-0.3, -0.25) is 14.4 Å². The first-order valence-corrected chi connectivity index (χ1v) is 17.5. The monoisotopic (exact) mass is 705 g/mol. The van der Waals surface area contributed by atoms with Gasteiger partial charge < -0.3 is 25.4 Å². The summed E-state index contributed by atoms with van der Waals surface area (Å²) in [7, 11) is 1.57. The summed E-state index contributed by atoms with van der Waals surface area (Å²) in [6.45, 7) is 3.93. The topological polar surface area (TPSA) is 123 Å². The minimum absolute atomic E-state index is 0.0415. The van der Waals surface area contributed by atoms with Gasteiger partial charge in [0.15, 0.2) is 0 Å². The molecule has 1 heterocycles. The predicted octanol–water partition coefficient (Wildman–Crippen LogP) is 8.05. The third-order valence-corrected chi connectivity index (χ3v) is 9.19. The number of amides is 3. The molecule has 9 nitrogen and oxygen atoms in total. The van der Waals surface area contributed by atoms with E-state index in [-0.39, 0.29) is 24.0 Å². The highest BCUT2D eigenvalue weighted by molar-refractivity contribution is 8.00. The van der Waals surface area contributed by atoms with Gasteiger partial charge in [-0.05, 0) is 73.5 Å². The van der Waals surface area contributed by atoms with Gasteiger partial charge in [0.25, 0.3) is 11.8 Å². The van der Waals surface area contributed by atoms with E-state index in [9.17, 15) is 19.2 Å². The Hall–Kier alpha value is -5.65. The van der Waals surface area contributed by atoms with Crippen molar-refractivity contribution in [3.8, 4) is 16.9 Å². The molecule has 0 spiro atoms. The van der Waals surface area contributed by atoms with Crippen molar-refractivity contribution in [2.75, 3.05) is 30.1 Å². The molecule has 50 heavy (non-hydrogen) atoms. The van der Waals surface area contributed by atoms with Crippen LogP contribution in [-0.2, 0) is 14.3 Å². The zero-order valence-electron chi connectivity index (χ0n) is 27.6. The molecular formula is C39H35N3O6S2. The molecule has 1 aromatic heterocycles. The number of carbonyl (C=O) groups is 4. The molecule has 5 rings (SSSR count). The standard InChI is InChI=1S/C39H35N3O6S2/c1-4-48-39(46)35-32(27-17-13-25(2)14-18-27)23-50-38(35)42-34(43)24-49-31-12-8-11-29(22-31)40-37(45)33(21-26-15-19-30(47-3)20-16-26)41-36(44)28-9-6-5-7-10-28/h5-23H,4,24H2,1-3H3,(H,40,45)(H,41,44)(H,42,43)/b33-21+. The van der Waals surface area contributed by atoms with Crippen LogP contribution in [0.4, 0.5) is 10.7 Å². The molecule has 0 radical (unpaired) electrons. The Bertz CT molecular complexity index is 2010. The van der Waals surface area contributed by atoms with Gasteiger partial charge in [-0.2, -0.15) is 0 Å². The summed E-state index contributed by atoms with van der Waals surface area (Å²) >= 11 is 2.53. The molecule has 0 unspecified atom stereocenters. The molecule has 0 saturated carbocycles. The van der Waals surface area contributed by atoms with Crippen LogP contribution < -0.4 is 20.7 Å². The largest absolute Gasteiger partial charge is 0.497 e. The molecule has 3 amide bonds. The van der Waals surface area contributed by atoms with E-state index < -0.39 is 17.8 Å². The number of aryl methyl sites for hydroxylation is 1. The number of hydrogen-bond donors (Lipinski definition) is 3. The van der Waals surface area contributed by atoms with Gasteiger partial charge in [-0.25, -0.2) is 4.79 Å². The number of methoxy groups -OCH3 is 1. The lowest BCUT2D eigenvalue weighted by Crippen LogP contribution is -2.30. The summed E-state index contributed by atoms with van der Waals surface area (Å²) in [6.07, 6.45) is 1.58. The molecule has 0 aliphatic carbocycles. The number of carbonyl (C=O) groups excluding carboxylic acids is 4. The maximum Gasteiger partial charge on any atom is 0.341 e. The van der Waals surface area contributed by atoms with Gasteiger partial charge in [0.05, 0.1) is 19.5 Å². The third kappa shape index (κ3) is 9.49. The van der Waals surface area contributed by atoms with Gasteiger partial charge in [0.2, 0.25) is 5.91 Å². The van der Waals surface area contributed by atoms with E-state index >= 15 is 0 Å². The highest BCUT2D eigenvalue weighted by atomic mass is 32.2. The quantitative estimate of drug-likeness (QED) is 0.0644. The number of rotatable bonds is 13. The lowest BCUT2D eigenvalue weighted by Gasteiger charge is -2.12. The molecule has 0 saturated heterocycles. The van der Waals surface area contributed by atoms with Crippen molar-refractivity contribution in [3.05, 3.63) is 136 Å². The van der Waals surface area contributed by atoms with Crippen LogP contribution in [-0.4, -0.2) is 43.2 Å². The van der Waals surface area contributed by atoms with Crippen molar-refractivity contribution in [3.63, 3.8) is 0 Å². The fourth-order valence-corrected chi connectivity index (χ4v) is 6.51. The molecular weight excluding hydrogens is 671 g/mol. The number of nitrogens with one attached hydrogen (secondary N) is 3. The molecule has 254 valence electrons. The Kier molecular flexibility index (Phi) is 12.2. The molecule has 0 fully saturated rings. The zero-order chi connectivity index (χ0) is 35.5. The first-order valence-electron chi connectivity index (χ1n) is 15.7. The van der Waals surface area contributed by atoms with E-state index in [1.165, 1.54) is 23.1 Å². The maximum absolute atomic E-state index is 13.5. The minimum atomic E-state index is -0.529. The summed E-state index contributed by atoms with van der Waals surface area (Å²) < 4.78 is 10.5. The van der Waals surface area contributed by atoms with Crippen LogP contribution >= 0.6 is 23.1 Å². The second-order valence-electron chi connectivity index (χ2n) is 10.9. The predicted molar refractivity (Wildman–Crippen MR) is 200 cm³/mol. The molecule has 0 aliphatic heterocycles. The third-order valence-electron chi connectivity index (χ3n) is 7.30. The number of anilines is 2. The smallest absolute Gasteiger partial charge is 0.341 e. The second-order valence-corrected chi connectivity index (χ2v) is 12.8. The van der Waals surface area contributed by atoms with Crippen molar-refractivity contribution in [1.82, 2.24) is 5.32 Å². The van der Waals surface area contributed by atoms with Gasteiger partial charge in [0, 0.05) is 27.1 Å². The summed E-state index contributed by atoms with van der Waals surface area (Å²) in [5.41, 5.74) is 4.56. The summed E-state index contributed by atoms with van der Waals surface area (Å²) in [5.74, 6) is -1.06. The Labute approximate surface area is 298 Å². The number of thioether (sulfide) groups is 1. The Morgan fingerprint density at radius 3 is 2.30 bits per heavy atom. The Morgan fingerprint density at radius 1 is 0.860 bits per heavy atom. The molecule has 0 bridgehead atoms. The van der Waals surface area contributed by atoms with Crippen molar-refractivity contribution < 1.29 is 28.7 Å². The zero-order valence-corrected chi connectivity index (χ0v) is 29.3. The molecule has 3 N–H and O–H groups in total. The molecule has 0 atom stereocenters. The van der Waals surface area contributed by atoms with Crippen molar-refractivity contribution >= 4 is 63.6 Å². The van der Waals surface area contributed by atoms with Crippen LogP contribution in [0.15, 0.2) is 119 Å². The van der Waals surface area contributed by atoms with Crippen LogP contribution in [0.2, 0.25) is 0 Å². The number of hydrogen-bond acceptors (Lipinski definition) is 8. The number of benzene rings is 4. The maximum atomic E-state index is 13.5.